The number of alkyl halides is 12. The summed E-state index contributed by atoms with van der Waals surface area (Å²) in [4.78, 5) is 0. The smallest absolute Gasteiger partial charge is 0.195 e. The van der Waals surface area contributed by atoms with Crippen LogP contribution in [0.1, 0.15) is 0 Å². The minimum Gasteiger partial charge on any atom is -0.195 e. The predicted octanol–water partition coefficient (Wildman–Crippen LogP) is 4.57. The SMILES string of the molecule is FC(F)(F)/C=C/C(F)(F)C(F)(F)C(F)(F)C(F)(F)F. The maximum atomic E-state index is 12.4. The molecule has 19 heavy (non-hydrogen) atoms. The molecule has 0 rings (SSSR count). The first kappa shape index (κ1) is 17.9. The van der Waals surface area contributed by atoms with Crippen LogP contribution in [0.25, 0.3) is 0 Å². The van der Waals surface area contributed by atoms with Gasteiger partial charge in [0.25, 0.3) is 0 Å². The van der Waals surface area contributed by atoms with E-state index in [2.05, 4.69) is 0 Å². The number of allylic oxidation sites excluding steroid dienone is 2. The van der Waals surface area contributed by atoms with Gasteiger partial charge in [-0.1, -0.05) is 0 Å². The monoisotopic (exact) mass is 314 g/mol. The number of rotatable bonds is 3. The van der Waals surface area contributed by atoms with Crippen molar-refractivity contribution >= 4 is 0 Å². The van der Waals surface area contributed by atoms with E-state index in [1.807, 2.05) is 0 Å². The Hall–Kier alpha value is -1.10. The van der Waals surface area contributed by atoms with Crippen LogP contribution >= 0.6 is 0 Å². The minimum absolute atomic E-state index is 1.56. The molecule has 0 saturated heterocycles. The van der Waals surface area contributed by atoms with Crippen molar-refractivity contribution in [2.24, 2.45) is 0 Å². The standard InChI is InChI=1S/C7H2F12/c8-3(9,1-2-4(10,11)12)5(13,14)6(15,16)7(17,18)19/h1-2H/b2-1+. The van der Waals surface area contributed by atoms with E-state index in [-0.39, 0.29) is 0 Å². The van der Waals surface area contributed by atoms with Gasteiger partial charge < -0.3 is 0 Å². The summed E-state index contributed by atoms with van der Waals surface area (Å²) in [7, 11) is 0. The fraction of sp³-hybridized carbons (Fsp3) is 0.714. The van der Waals surface area contributed by atoms with Crippen LogP contribution in [0.3, 0.4) is 0 Å². The van der Waals surface area contributed by atoms with Gasteiger partial charge in [0, 0.05) is 6.08 Å². The zero-order valence-corrected chi connectivity index (χ0v) is 8.19. The summed E-state index contributed by atoms with van der Waals surface area (Å²) in [5, 5.41) is 0. The van der Waals surface area contributed by atoms with Crippen LogP contribution < -0.4 is 0 Å². The van der Waals surface area contributed by atoms with Gasteiger partial charge >= 0.3 is 30.1 Å². The Kier molecular flexibility index (Phi) is 4.22. The summed E-state index contributed by atoms with van der Waals surface area (Å²) >= 11 is 0. The molecular formula is C7H2F12. The lowest BCUT2D eigenvalue weighted by atomic mass is 10.0. The van der Waals surface area contributed by atoms with E-state index >= 15 is 0 Å². The lowest BCUT2D eigenvalue weighted by Gasteiger charge is -2.32. The molecule has 0 aromatic carbocycles. The second kappa shape index (κ2) is 4.47. The van der Waals surface area contributed by atoms with E-state index in [1.54, 1.807) is 0 Å². The highest BCUT2D eigenvalue weighted by atomic mass is 19.4. The van der Waals surface area contributed by atoms with Crippen molar-refractivity contribution in [1.82, 2.24) is 0 Å². The van der Waals surface area contributed by atoms with Crippen molar-refractivity contribution in [2.45, 2.75) is 30.1 Å². The maximum absolute atomic E-state index is 12.4. The summed E-state index contributed by atoms with van der Waals surface area (Å²) in [6.45, 7) is 0. The van der Waals surface area contributed by atoms with E-state index in [4.69, 9.17) is 0 Å². The van der Waals surface area contributed by atoms with Gasteiger partial charge in [-0.15, -0.1) is 0 Å². The van der Waals surface area contributed by atoms with Gasteiger partial charge in [-0.3, -0.25) is 0 Å². The zero-order valence-electron chi connectivity index (χ0n) is 8.19. The van der Waals surface area contributed by atoms with Gasteiger partial charge in [-0.25, -0.2) is 0 Å². The Bertz CT molecular complexity index is 342. The summed E-state index contributed by atoms with van der Waals surface area (Å²) in [5.41, 5.74) is 0. The van der Waals surface area contributed by atoms with Crippen molar-refractivity contribution < 1.29 is 52.7 Å². The normalized spacial score (nSPS) is 16.2. The molecule has 114 valence electrons. The van der Waals surface area contributed by atoms with Gasteiger partial charge in [-0.05, 0) is 6.08 Å². The van der Waals surface area contributed by atoms with Gasteiger partial charge in [0.1, 0.15) is 0 Å². The van der Waals surface area contributed by atoms with E-state index in [0.29, 0.717) is 0 Å². The molecule has 0 aliphatic rings. The van der Waals surface area contributed by atoms with Crippen molar-refractivity contribution in [3.8, 4) is 0 Å². The highest BCUT2D eigenvalue weighted by Gasteiger charge is 2.81. The van der Waals surface area contributed by atoms with Crippen LogP contribution in [0.15, 0.2) is 12.2 Å². The van der Waals surface area contributed by atoms with Crippen molar-refractivity contribution in [1.29, 1.82) is 0 Å². The fourth-order valence-corrected chi connectivity index (χ4v) is 0.691. The Morgan fingerprint density at radius 3 is 1.11 bits per heavy atom. The molecule has 0 aliphatic heterocycles. The number of halogens is 12. The maximum Gasteiger partial charge on any atom is 0.460 e. The molecule has 0 fully saturated rings. The van der Waals surface area contributed by atoms with Crippen LogP contribution in [0, 0.1) is 0 Å². The average Bonchev–Trinajstić information content (AvgIpc) is 2.11. The molecular weight excluding hydrogens is 312 g/mol. The molecule has 0 saturated carbocycles. The fourth-order valence-electron chi connectivity index (χ4n) is 0.691. The second-order valence-electron chi connectivity index (χ2n) is 3.14. The zero-order chi connectivity index (χ0) is 15.9. The first-order chi connectivity index (χ1) is 7.96. The quantitative estimate of drug-likeness (QED) is 0.529. The summed E-state index contributed by atoms with van der Waals surface area (Å²) in [6.07, 6.45) is -16.0. The third-order valence-corrected chi connectivity index (χ3v) is 1.65. The van der Waals surface area contributed by atoms with Crippen molar-refractivity contribution in [3.05, 3.63) is 12.2 Å². The molecule has 0 aliphatic carbocycles. The molecule has 12 heteroatoms. The van der Waals surface area contributed by atoms with Gasteiger partial charge in [0.05, 0.1) is 0 Å². The van der Waals surface area contributed by atoms with Crippen molar-refractivity contribution in [2.75, 3.05) is 0 Å². The summed E-state index contributed by atoms with van der Waals surface area (Å²) in [5.74, 6) is -20.7. The Morgan fingerprint density at radius 2 is 0.842 bits per heavy atom. The third kappa shape index (κ3) is 3.47. The third-order valence-electron chi connectivity index (χ3n) is 1.65. The van der Waals surface area contributed by atoms with Crippen LogP contribution in [0.4, 0.5) is 52.7 Å². The van der Waals surface area contributed by atoms with Gasteiger partial charge in [0.15, 0.2) is 0 Å². The molecule has 0 bridgehead atoms. The molecule has 0 aromatic heterocycles. The first-order valence-electron chi connectivity index (χ1n) is 3.93. The Morgan fingerprint density at radius 1 is 0.474 bits per heavy atom. The largest absolute Gasteiger partial charge is 0.460 e. The molecule has 0 unspecified atom stereocenters. The van der Waals surface area contributed by atoms with E-state index in [9.17, 15) is 52.7 Å². The molecule has 0 spiro atoms. The van der Waals surface area contributed by atoms with Crippen molar-refractivity contribution in [3.63, 3.8) is 0 Å². The summed E-state index contributed by atoms with van der Waals surface area (Å²) < 4.78 is 143. The van der Waals surface area contributed by atoms with Gasteiger partial charge in [0.2, 0.25) is 0 Å². The van der Waals surface area contributed by atoms with Crippen LogP contribution in [0.2, 0.25) is 0 Å². The molecule has 0 radical (unpaired) electrons. The van der Waals surface area contributed by atoms with Crippen LogP contribution in [-0.2, 0) is 0 Å². The number of hydrogen-bond acceptors (Lipinski definition) is 0. The highest BCUT2D eigenvalue weighted by Crippen LogP contribution is 2.53. The molecule has 0 aromatic rings. The lowest BCUT2D eigenvalue weighted by Crippen LogP contribution is -2.60. The topological polar surface area (TPSA) is 0 Å². The molecule has 0 nitrogen and oxygen atoms in total. The predicted molar refractivity (Wildman–Crippen MR) is 36.1 cm³/mol. The first-order valence-corrected chi connectivity index (χ1v) is 3.93. The lowest BCUT2D eigenvalue weighted by molar-refractivity contribution is -0.388. The van der Waals surface area contributed by atoms with Gasteiger partial charge in [-0.2, -0.15) is 52.7 Å². The van der Waals surface area contributed by atoms with E-state index in [1.165, 1.54) is 0 Å². The Labute approximate surface area is 96.2 Å². The minimum atomic E-state index is -7.21. The summed E-state index contributed by atoms with van der Waals surface area (Å²) in [6, 6.07) is 0. The molecule has 0 heterocycles. The van der Waals surface area contributed by atoms with Crippen LogP contribution in [-0.4, -0.2) is 30.1 Å². The number of hydrogen-bond donors (Lipinski definition) is 0. The molecule has 0 atom stereocenters. The average molecular weight is 314 g/mol. The molecule has 0 N–H and O–H groups in total. The highest BCUT2D eigenvalue weighted by molar-refractivity contribution is 5.11. The van der Waals surface area contributed by atoms with E-state index in [0.717, 1.165) is 0 Å². The Balaban J connectivity index is 5.59. The second-order valence-corrected chi connectivity index (χ2v) is 3.14. The molecule has 0 amide bonds. The van der Waals surface area contributed by atoms with Crippen LogP contribution in [0.5, 0.6) is 0 Å². The van der Waals surface area contributed by atoms with E-state index < -0.39 is 42.3 Å².